The molecule has 1 atom stereocenters. The van der Waals surface area contributed by atoms with Gasteiger partial charge in [0.15, 0.2) is 0 Å². The first kappa shape index (κ1) is 22.1. The van der Waals surface area contributed by atoms with Gasteiger partial charge in [-0.3, -0.25) is 4.79 Å². The summed E-state index contributed by atoms with van der Waals surface area (Å²) in [4.78, 5) is 39.8. The van der Waals surface area contributed by atoms with E-state index in [0.29, 0.717) is 5.69 Å². The first-order valence-electron chi connectivity index (χ1n) is 10.4. The van der Waals surface area contributed by atoms with Crippen LogP contribution in [0.3, 0.4) is 0 Å². The molecule has 0 radical (unpaired) electrons. The molecule has 0 fully saturated rings. The van der Waals surface area contributed by atoms with E-state index in [4.69, 9.17) is 14.6 Å². The Hall–Kier alpha value is -4.14. The Labute approximate surface area is 190 Å². The van der Waals surface area contributed by atoms with Crippen LogP contribution in [0.15, 0.2) is 61.1 Å². The van der Waals surface area contributed by atoms with Crippen molar-refractivity contribution in [1.29, 1.82) is 0 Å². The van der Waals surface area contributed by atoms with Gasteiger partial charge in [-0.05, 0) is 22.3 Å². The molecular weight excluding hydrogens is 426 g/mol. The molecule has 0 bridgehead atoms. The first-order chi connectivity index (χ1) is 16.0. The molecular formula is C24H23N3O6. The minimum absolute atomic E-state index is 0.00412. The van der Waals surface area contributed by atoms with Crippen LogP contribution in [0.5, 0.6) is 0 Å². The van der Waals surface area contributed by atoms with Crippen molar-refractivity contribution in [3.63, 3.8) is 0 Å². The Bertz CT molecular complexity index is 1140. The van der Waals surface area contributed by atoms with Gasteiger partial charge in [0.2, 0.25) is 0 Å². The zero-order valence-electron chi connectivity index (χ0n) is 17.9. The van der Waals surface area contributed by atoms with Crippen molar-refractivity contribution in [2.75, 3.05) is 13.7 Å². The van der Waals surface area contributed by atoms with Crippen LogP contribution in [0.2, 0.25) is 0 Å². The van der Waals surface area contributed by atoms with Gasteiger partial charge in [-0.2, -0.15) is 0 Å². The van der Waals surface area contributed by atoms with E-state index in [2.05, 4.69) is 10.3 Å². The van der Waals surface area contributed by atoms with E-state index in [1.807, 2.05) is 48.5 Å². The molecule has 1 heterocycles. The number of nitrogens with one attached hydrogen (secondary N) is 1. The maximum Gasteiger partial charge on any atom is 0.407 e. The second-order valence-electron chi connectivity index (χ2n) is 7.66. The minimum atomic E-state index is -1.06. The predicted octanol–water partition coefficient (Wildman–Crippen LogP) is 2.59. The number of hydrogen-bond donors (Lipinski definition) is 2. The summed E-state index contributed by atoms with van der Waals surface area (Å²) in [5.41, 5.74) is 4.84. The van der Waals surface area contributed by atoms with Crippen molar-refractivity contribution in [2.24, 2.45) is 0 Å². The molecule has 33 heavy (non-hydrogen) atoms. The summed E-state index contributed by atoms with van der Waals surface area (Å²) < 4.78 is 11.7. The quantitative estimate of drug-likeness (QED) is 0.507. The molecule has 4 rings (SSSR count). The Morgan fingerprint density at radius 2 is 1.73 bits per heavy atom. The van der Waals surface area contributed by atoms with E-state index in [1.54, 1.807) is 0 Å². The van der Waals surface area contributed by atoms with Gasteiger partial charge in [0.1, 0.15) is 19.2 Å². The number of aromatic nitrogens is 2. The van der Waals surface area contributed by atoms with Crippen LogP contribution < -0.4 is 5.32 Å². The highest BCUT2D eigenvalue weighted by atomic mass is 16.6. The molecule has 2 aromatic carbocycles. The molecule has 0 saturated heterocycles. The summed E-state index contributed by atoms with van der Waals surface area (Å²) in [7, 11) is 1.21. The highest BCUT2D eigenvalue weighted by Gasteiger charge is 2.30. The molecule has 9 heteroatoms. The number of aliphatic carboxylic acids is 1. The monoisotopic (exact) mass is 449 g/mol. The Balaban J connectivity index is 1.44. The van der Waals surface area contributed by atoms with Gasteiger partial charge < -0.3 is 24.5 Å². The summed E-state index contributed by atoms with van der Waals surface area (Å²) in [6.45, 7) is -0.209. The lowest BCUT2D eigenvalue weighted by Gasteiger charge is -2.19. The highest BCUT2D eigenvalue weighted by molar-refractivity contribution is 5.82. The number of esters is 1. The third-order valence-electron chi connectivity index (χ3n) is 5.64. The van der Waals surface area contributed by atoms with E-state index in [-0.39, 0.29) is 25.5 Å². The zero-order valence-corrected chi connectivity index (χ0v) is 17.9. The van der Waals surface area contributed by atoms with Crippen molar-refractivity contribution in [1.82, 2.24) is 14.9 Å². The SMILES string of the molecule is COC(=O)[C@H](Cc1cncn1CC(=O)O)NC(=O)OCC1c2ccccc2-c2ccccc21. The summed E-state index contributed by atoms with van der Waals surface area (Å²) in [5, 5.41) is 11.6. The fourth-order valence-corrected chi connectivity index (χ4v) is 4.13. The van der Waals surface area contributed by atoms with E-state index in [1.165, 1.54) is 24.2 Å². The number of imidazole rings is 1. The molecule has 0 spiro atoms. The fraction of sp³-hybridized carbons (Fsp3) is 0.250. The number of nitrogens with zero attached hydrogens (tertiary/aromatic N) is 2. The molecule has 9 nitrogen and oxygen atoms in total. The molecule has 1 aliphatic carbocycles. The number of benzene rings is 2. The highest BCUT2D eigenvalue weighted by Crippen LogP contribution is 2.44. The van der Waals surface area contributed by atoms with E-state index >= 15 is 0 Å². The average molecular weight is 449 g/mol. The standard InChI is InChI=1S/C24H23N3O6/c1-32-23(30)21(10-15-11-25-14-27(15)12-22(28)29)26-24(31)33-13-20-18-8-4-2-6-16(18)17-7-3-5-9-19(17)20/h2-9,11,14,20-21H,10,12-13H2,1H3,(H,26,31)(H,28,29)/t21-/m0/s1. The molecule has 1 amide bonds. The molecule has 0 unspecified atom stereocenters. The number of alkyl carbamates (subject to hydrolysis) is 1. The number of fused-ring (bicyclic) bond motifs is 3. The van der Waals surface area contributed by atoms with Crippen LogP contribution in [-0.2, 0) is 32.0 Å². The van der Waals surface area contributed by atoms with Crippen molar-refractivity contribution in [3.8, 4) is 11.1 Å². The second-order valence-corrected chi connectivity index (χ2v) is 7.66. The fourth-order valence-electron chi connectivity index (χ4n) is 4.13. The number of rotatable bonds is 8. The van der Waals surface area contributed by atoms with Crippen LogP contribution >= 0.6 is 0 Å². The number of carboxylic acid groups (broad SMARTS) is 1. The molecule has 0 aliphatic heterocycles. The number of methoxy groups -OCH3 is 1. The summed E-state index contributed by atoms with van der Waals surface area (Å²) >= 11 is 0. The second kappa shape index (κ2) is 9.56. The molecule has 1 aliphatic rings. The maximum atomic E-state index is 12.6. The first-order valence-corrected chi connectivity index (χ1v) is 10.4. The van der Waals surface area contributed by atoms with Crippen LogP contribution in [0, 0.1) is 0 Å². The predicted molar refractivity (Wildman–Crippen MR) is 118 cm³/mol. The maximum absolute atomic E-state index is 12.6. The van der Waals surface area contributed by atoms with Crippen molar-refractivity contribution < 1.29 is 29.0 Å². The van der Waals surface area contributed by atoms with E-state index in [9.17, 15) is 14.4 Å². The van der Waals surface area contributed by atoms with Crippen LogP contribution in [-0.4, -0.2) is 52.4 Å². The van der Waals surface area contributed by atoms with Crippen LogP contribution in [0.4, 0.5) is 4.79 Å². The number of carboxylic acids is 1. The number of amides is 1. The summed E-state index contributed by atoms with van der Waals surface area (Å²) in [6, 6.07) is 14.9. The Kier molecular flexibility index (Phi) is 6.39. The zero-order chi connectivity index (χ0) is 23.4. The van der Waals surface area contributed by atoms with Crippen molar-refractivity contribution in [2.45, 2.75) is 24.9 Å². The summed E-state index contributed by atoms with van der Waals surface area (Å²) in [6.07, 6.45) is 2.03. The van der Waals surface area contributed by atoms with Gasteiger partial charge in [-0.25, -0.2) is 14.6 Å². The van der Waals surface area contributed by atoms with Gasteiger partial charge in [-0.1, -0.05) is 48.5 Å². The molecule has 2 N–H and O–H groups in total. The van der Waals surface area contributed by atoms with Crippen molar-refractivity contribution in [3.05, 3.63) is 77.9 Å². The molecule has 3 aromatic rings. The van der Waals surface area contributed by atoms with Gasteiger partial charge in [-0.15, -0.1) is 0 Å². The van der Waals surface area contributed by atoms with Gasteiger partial charge in [0.25, 0.3) is 0 Å². The lowest BCUT2D eigenvalue weighted by molar-refractivity contribution is -0.143. The average Bonchev–Trinajstić information content (AvgIpc) is 3.38. The number of hydrogen-bond acceptors (Lipinski definition) is 6. The lowest BCUT2D eigenvalue weighted by atomic mass is 9.98. The van der Waals surface area contributed by atoms with E-state index < -0.39 is 24.1 Å². The third kappa shape index (κ3) is 4.72. The van der Waals surface area contributed by atoms with Gasteiger partial charge in [0, 0.05) is 24.2 Å². The lowest BCUT2D eigenvalue weighted by Crippen LogP contribution is -2.44. The van der Waals surface area contributed by atoms with Gasteiger partial charge >= 0.3 is 18.0 Å². The molecule has 0 saturated carbocycles. The topological polar surface area (TPSA) is 120 Å². The van der Waals surface area contributed by atoms with E-state index in [0.717, 1.165) is 22.3 Å². The molecule has 170 valence electrons. The normalized spacial score (nSPS) is 13.0. The largest absolute Gasteiger partial charge is 0.480 e. The Morgan fingerprint density at radius 3 is 2.33 bits per heavy atom. The van der Waals surface area contributed by atoms with Crippen molar-refractivity contribution >= 4 is 18.0 Å². The number of carbonyl (C=O) groups excluding carboxylic acids is 2. The molecule has 1 aromatic heterocycles. The number of ether oxygens (including phenoxy) is 2. The Morgan fingerprint density at radius 1 is 1.09 bits per heavy atom. The van der Waals surface area contributed by atoms with Crippen LogP contribution in [0.25, 0.3) is 11.1 Å². The minimum Gasteiger partial charge on any atom is -0.480 e. The third-order valence-corrected chi connectivity index (χ3v) is 5.64. The van der Waals surface area contributed by atoms with Gasteiger partial charge in [0.05, 0.1) is 13.4 Å². The van der Waals surface area contributed by atoms with Crippen LogP contribution in [0.1, 0.15) is 22.7 Å². The summed E-state index contributed by atoms with van der Waals surface area (Å²) in [5.74, 6) is -1.84. The number of carbonyl (C=O) groups is 3. The smallest absolute Gasteiger partial charge is 0.407 e.